The number of hydrogen-bond donors (Lipinski definition) is 2. The van der Waals surface area contributed by atoms with Crippen LogP contribution in [0.1, 0.15) is 27.9 Å². The molecule has 2 rings (SSSR count). The van der Waals surface area contributed by atoms with Crippen molar-refractivity contribution < 1.29 is 14.6 Å². The van der Waals surface area contributed by atoms with Crippen molar-refractivity contribution in [2.45, 2.75) is 20.5 Å². The summed E-state index contributed by atoms with van der Waals surface area (Å²) in [6.45, 7) is 3.92. The molecule has 0 saturated heterocycles. The van der Waals surface area contributed by atoms with E-state index in [-0.39, 0.29) is 6.61 Å². The number of esters is 1. The maximum absolute atomic E-state index is 11.6. The van der Waals surface area contributed by atoms with E-state index < -0.39 is 5.97 Å². The fraction of sp³-hybridized carbons (Fsp3) is 0.364. The molecule has 0 spiro atoms. The smallest absolute Gasteiger partial charge is 0.355 e. The van der Waals surface area contributed by atoms with Crippen LogP contribution in [0.2, 0.25) is 0 Å². The predicted octanol–water partition coefficient (Wildman–Crippen LogP) is 2.21. The molecule has 0 aliphatic carbocycles. The SMILES string of the molecule is CCOC(=O)c1[nH]c2cc(C)sc2c1CO. The van der Waals surface area contributed by atoms with Crippen LogP contribution in [0.15, 0.2) is 6.07 Å². The van der Waals surface area contributed by atoms with Crippen LogP contribution in [-0.4, -0.2) is 22.7 Å². The van der Waals surface area contributed by atoms with Crippen molar-refractivity contribution in [3.63, 3.8) is 0 Å². The average molecular weight is 239 g/mol. The van der Waals surface area contributed by atoms with E-state index in [0.717, 1.165) is 15.1 Å². The van der Waals surface area contributed by atoms with Crippen LogP contribution in [0.3, 0.4) is 0 Å². The van der Waals surface area contributed by atoms with Gasteiger partial charge in [0.25, 0.3) is 0 Å². The third kappa shape index (κ3) is 1.72. The second-order valence-electron chi connectivity index (χ2n) is 3.46. The Kier molecular flexibility index (Phi) is 2.98. The number of hydrogen-bond acceptors (Lipinski definition) is 4. The molecule has 16 heavy (non-hydrogen) atoms. The number of rotatable bonds is 3. The van der Waals surface area contributed by atoms with Crippen molar-refractivity contribution in [1.29, 1.82) is 0 Å². The number of aliphatic hydroxyl groups excluding tert-OH is 1. The Morgan fingerprint density at radius 3 is 3.00 bits per heavy atom. The van der Waals surface area contributed by atoms with Crippen molar-refractivity contribution in [2.24, 2.45) is 0 Å². The van der Waals surface area contributed by atoms with E-state index in [9.17, 15) is 9.90 Å². The second kappa shape index (κ2) is 4.27. The number of H-pyrrole nitrogens is 1. The van der Waals surface area contributed by atoms with Gasteiger partial charge in [-0.1, -0.05) is 0 Å². The zero-order valence-corrected chi connectivity index (χ0v) is 9.98. The molecule has 0 fully saturated rings. The monoisotopic (exact) mass is 239 g/mol. The first-order chi connectivity index (χ1) is 7.67. The fourth-order valence-corrected chi connectivity index (χ4v) is 2.69. The van der Waals surface area contributed by atoms with E-state index in [2.05, 4.69) is 4.98 Å². The van der Waals surface area contributed by atoms with Gasteiger partial charge in [0.2, 0.25) is 0 Å². The molecular weight excluding hydrogens is 226 g/mol. The highest BCUT2D eigenvalue weighted by atomic mass is 32.1. The number of carbonyl (C=O) groups excluding carboxylic acids is 1. The first kappa shape index (κ1) is 11.2. The van der Waals surface area contributed by atoms with Crippen molar-refractivity contribution in [1.82, 2.24) is 4.98 Å². The third-order valence-corrected chi connectivity index (χ3v) is 3.44. The molecule has 2 aromatic heterocycles. The Hall–Kier alpha value is -1.33. The number of carbonyl (C=O) groups is 1. The predicted molar refractivity (Wildman–Crippen MR) is 62.8 cm³/mol. The molecule has 0 aliphatic heterocycles. The fourth-order valence-electron chi connectivity index (χ4n) is 1.68. The van der Waals surface area contributed by atoms with Crippen molar-refractivity contribution in [3.8, 4) is 0 Å². The Balaban J connectivity index is 2.53. The summed E-state index contributed by atoms with van der Waals surface area (Å²) in [4.78, 5) is 15.8. The van der Waals surface area contributed by atoms with E-state index in [1.165, 1.54) is 0 Å². The zero-order valence-electron chi connectivity index (χ0n) is 9.16. The van der Waals surface area contributed by atoms with Gasteiger partial charge >= 0.3 is 5.97 Å². The van der Waals surface area contributed by atoms with E-state index in [4.69, 9.17) is 4.74 Å². The van der Waals surface area contributed by atoms with Gasteiger partial charge in [0.05, 0.1) is 23.4 Å². The minimum absolute atomic E-state index is 0.159. The molecule has 2 heterocycles. The lowest BCUT2D eigenvalue weighted by molar-refractivity contribution is 0.0517. The number of aliphatic hydroxyl groups is 1. The maximum Gasteiger partial charge on any atom is 0.355 e. The Labute approximate surface area is 96.9 Å². The summed E-state index contributed by atoms with van der Waals surface area (Å²) >= 11 is 1.56. The molecular formula is C11H13NO3S. The zero-order chi connectivity index (χ0) is 11.7. The molecule has 0 unspecified atom stereocenters. The summed E-state index contributed by atoms with van der Waals surface area (Å²) in [5, 5.41) is 9.31. The molecule has 86 valence electrons. The first-order valence-electron chi connectivity index (χ1n) is 5.06. The molecule has 4 nitrogen and oxygen atoms in total. The molecule has 2 N–H and O–H groups in total. The number of ether oxygens (including phenoxy) is 1. The van der Waals surface area contributed by atoms with Gasteiger partial charge in [-0.25, -0.2) is 4.79 Å². The Morgan fingerprint density at radius 2 is 2.38 bits per heavy atom. The van der Waals surface area contributed by atoms with Gasteiger partial charge in [0.1, 0.15) is 5.69 Å². The number of aromatic amines is 1. The van der Waals surface area contributed by atoms with E-state index in [1.807, 2.05) is 13.0 Å². The number of aryl methyl sites for hydroxylation is 1. The van der Waals surface area contributed by atoms with Gasteiger partial charge in [-0.15, -0.1) is 11.3 Å². The number of fused-ring (bicyclic) bond motifs is 1. The van der Waals surface area contributed by atoms with Crippen molar-refractivity contribution in [2.75, 3.05) is 6.61 Å². The Morgan fingerprint density at radius 1 is 1.62 bits per heavy atom. The molecule has 5 heteroatoms. The number of thiophene rings is 1. The lowest BCUT2D eigenvalue weighted by atomic mass is 10.2. The molecule has 0 aliphatic rings. The molecule has 0 bridgehead atoms. The molecule has 2 aromatic rings. The highest BCUT2D eigenvalue weighted by Gasteiger charge is 2.19. The highest BCUT2D eigenvalue weighted by Crippen LogP contribution is 2.30. The van der Waals surface area contributed by atoms with Gasteiger partial charge in [0.15, 0.2) is 0 Å². The summed E-state index contributed by atoms with van der Waals surface area (Å²) in [5.74, 6) is -0.410. The van der Waals surface area contributed by atoms with Crippen LogP contribution in [0.5, 0.6) is 0 Å². The largest absolute Gasteiger partial charge is 0.461 e. The molecule has 0 saturated carbocycles. The van der Waals surface area contributed by atoms with Gasteiger partial charge in [-0.2, -0.15) is 0 Å². The molecule has 0 aromatic carbocycles. The summed E-state index contributed by atoms with van der Waals surface area (Å²) < 4.78 is 5.86. The molecule has 0 radical (unpaired) electrons. The highest BCUT2D eigenvalue weighted by molar-refractivity contribution is 7.19. The second-order valence-corrected chi connectivity index (χ2v) is 4.71. The van der Waals surface area contributed by atoms with Gasteiger partial charge in [-0.05, 0) is 19.9 Å². The summed E-state index contributed by atoms with van der Waals surface area (Å²) in [7, 11) is 0. The van der Waals surface area contributed by atoms with Crippen LogP contribution in [0.25, 0.3) is 10.2 Å². The van der Waals surface area contributed by atoms with Crippen molar-refractivity contribution >= 4 is 27.5 Å². The van der Waals surface area contributed by atoms with E-state index >= 15 is 0 Å². The molecule has 0 amide bonds. The average Bonchev–Trinajstić information content (AvgIpc) is 2.73. The maximum atomic E-state index is 11.6. The third-order valence-electron chi connectivity index (χ3n) is 2.33. The topological polar surface area (TPSA) is 62.3 Å². The summed E-state index contributed by atoms with van der Waals surface area (Å²) in [6, 6.07) is 1.96. The van der Waals surface area contributed by atoms with E-state index in [0.29, 0.717) is 17.9 Å². The minimum Gasteiger partial charge on any atom is -0.461 e. The quantitative estimate of drug-likeness (QED) is 0.807. The van der Waals surface area contributed by atoms with Gasteiger partial charge < -0.3 is 14.8 Å². The first-order valence-corrected chi connectivity index (χ1v) is 5.88. The van der Waals surface area contributed by atoms with Crippen LogP contribution >= 0.6 is 11.3 Å². The van der Waals surface area contributed by atoms with Crippen LogP contribution < -0.4 is 0 Å². The number of nitrogens with one attached hydrogen (secondary N) is 1. The summed E-state index contributed by atoms with van der Waals surface area (Å²) in [5.41, 5.74) is 1.88. The minimum atomic E-state index is -0.410. The van der Waals surface area contributed by atoms with Crippen LogP contribution in [0, 0.1) is 6.92 Å². The van der Waals surface area contributed by atoms with E-state index in [1.54, 1.807) is 18.3 Å². The standard InChI is InChI=1S/C11H13NO3S/c1-3-15-11(14)9-7(5-13)10-8(12-9)4-6(2)16-10/h4,12-13H,3,5H2,1-2H3. The summed E-state index contributed by atoms with van der Waals surface area (Å²) in [6.07, 6.45) is 0. The number of aromatic nitrogens is 1. The lowest BCUT2D eigenvalue weighted by Crippen LogP contribution is -2.07. The molecule has 0 atom stereocenters. The van der Waals surface area contributed by atoms with Gasteiger partial charge in [0, 0.05) is 10.4 Å². The van der Waals surface area contributed by atoms with Gasteiger partial charge in [-0.3, -0.25) is 0 Å². The lowest BCUT2D eigenvalue weighted by Gasteiger charge is -2.01. The normalized spacial score (nSPS) is 10.9. The van der Waals surface area contributed by atoms with Crippen molar-refractivity contribution in [3.05, 3.63) is 22.2 Å². The van der Waals surface area contributed by atoms with Crippen LogP contribution in [0.4, 0.5) is 0 Å². The Bertz CT molecular complexity index is 527. The van der Waals surface area contributed by atoms with Crippen LogP contribution in [-0.2, 0) is 11.3 Å².